The molecule has 0 fully saturated rings. The summed E-state index contributed by atoms with van der Waals surface area (Å²) in [5, 5.41) is 10.8. The van der Waals surface area contributed by atoms with Gasteiger partial charge in [0, 0.05) is 17.7 Å². The molecule has 0 bridgehead atoms. The number of nitro groups is 1. The van der Waals surface area contributed by atoms with Crippen LogP contribution in [0.25, 0.3) is 0 Å². The van der Waals surface area contributed by atoms with Crippen LogP contribution in [0, 0.1) is 10.1 Å². The predicted octanol–water partition coefficient (Wildman–Crippen LogP) is 3.91. The second-order valence-electron chi connectivity index (χ2n) is 4.71. The quantitative estimate of drug-likeness (QED) is 0.667. The lowest BCUT2D eigenvalue weighted by molar-refractivity contribution is -0.384. The maximum Gasteiger partial charge on any atom is 0.416 e. The van der Waals surface area contributed by atoms with E-state index in [0.717, 1.165) is 12.1 Å². The molecule has 0 atom stereocenters. The van der Waals surface area contributed by atoms with Crippen molar-refractivity contribution in [2.24, 2.45) is 5.73 Å². The highest BCUT2D eigenvalue weighted by atomic mass is 19.4. The summed E-state index contributed by atoms with van der Waals surface area (Å²) in [7, 11) is 0. The van der Waals surface area contributed by atoms with E-state index in [2.05, 4.69) is 0 Å². The first-order valence-corrected chi connectivity index (χ1v) is 6.64. The lowest BCUT2D eigenvalue weighted by atomic mass is 10.1. The maximum atomic E-state index is 12.5. The number of rotatable bonds is 5. The van der Waals surface area contributed by atoms with E-state index < -0.39 is 16.7 Å². The third-order valence-electron chi connectivity index (χ3n) is 3.08. The highest BCUT2D eigenvalue weighted by Crippen LogP contribution is 2.33. The molecule has 0 unspecified atom stereocenters. The molecule has 0 spiro atoms. The predicted molar refractivity (Wildman–Crippen MR) is 77.4 cm³/mol. The van der Waals surface area contributed by atoms with Crippen LogP contribution in [0.5, 0.6) is 11.5 Å². The molecular formula is C15H13F3N2O3. The summed E-state index contributed by atoms with van der Waals surface area (Å²) in [4.78, 5) is 10.2. The normalized spacial score (nSPS) is 11.3. The second kappa shape index (κ2) is 6.66. The van der Waals surface area contributed by atoms with Gasteiger partial charge in [-0.2, -0.15) is 13.2 Å². The van der Waals surface area contributed by atoms with Gasteiger partial charge in [0.1, 0.15) is 11.5 Å². The molecule has 23 heavy (non-hydrogen) atoms. The molecule has 0 saturated carbocycles. The fourth-order valence-corrected chi connectivity index (χ4v) is 1.97. The smallest absolute Gasteiger partial charge is 0.416 e. The molecular weight excluding hydrogens is 313 g/mol. The van der Waals surface area contributed by atoms with Gasteiger partial charge in [-0.3, -0.25) is 10.1 Å². The van der Waals surface area contributed by atoms with Crippen molar-refractivity contribution in [3.8, 4) is 11.5 Å². The topological polar surface area (TPSA) is 78.4 Å². The van der Waals surface area contributed by atoms with Gasteiger partial charge in [-0.05, 0) is 43.3 Å². The summed E-state index contributed by atoms with van der Waals surface area (Å²) in [5.41, 5.74) is 5.10. The number of nitrogens with two attached hydrogens (primary N) is 1. The Morgan fingerprint density at radius 3 is 2.30 bits per heavy atom. The van der Waals surface area contributed by atoms with Crippen LogP contribution in [-0.4, -0.2) is 11.5 Å². The minimum atomic E-state index is -4.42. The van der Waals surface area contributed by atoms with E-state index in [1.165, 1.54) is 30.3 Å². The zero-order valence-corrected chi connectivity index (χ0v) is 11.8. The van der Waals surface area contributed by atoms with Crippen LogP contribution in [0.4, 0.5) is 18.9 Å². The summed E-state index contributed by atoms with van der Waals surface area (Å²) >= 11 is 0. The van der Waals surface area contributed by atoms with Crippen molar-refractivity contribution in [3.63, 3.8) is 0 Å². The van der Waals surface area contributed by atoms with Crippen LogP contribution in [-0.2, 0) is 12.6 Å². The molecule has 0 aliphatic rings. The van der Waals surface area contributed by atoms with Crippen LogP contribution in [0.15, 0.2) is 42.5 Å². The molecule has 0 amide bonds. The minimum Gasteiger partial charge on any atom is -0.457 e. The first-order valence-electron chi connectivity index (χ1n) is 6.64. The van der Waals surface area contributed by atoms with Crippen LogP contribution in [0.1, 0.15) is 11.1 Å². The largest absolute Gasteiger partial charge is 0.457 e. The first kappa shape index (κ1) is 16.8. The molecule has 0 saturated heterocycles. The number of hydrogen-bond acceptors (Lipinski definition) is 4. The second-order valence-corrected chi connectivity index (χ2v) is 4.71. The molecule has 2 N–H and O–H groups in total. The van der Waals surface area contributed by atoms with E-state index in [4.69, 9.17) is 10.5 Å². The van der Waals surface area contributed by atoms with Crippen molar-refractivity contribution in [2.75, 3.05) is 6.54 Å². The van der Waals surface area contributed by atoms with E-state index in [0.29, 0.717) is 17.7 Å². The number of hydrogen-bond donors (Lipinski definition) is 1. The Morgan fingerprint density at radius 1 is 1.13 bits per heavy atom. The van der Waals surface area contributed by atoms with E-state index in [9.17, 15) is 23.3 Å². The number of nitrogens with zero attached hydrogens (tertiary/aromatic N) is 1. The maximum absolute atomic E-state index is 12.5. The Morgan fingerprint density at radius 2 is 1.78 bits per heavy atom. The van der Waals surface area contributed by atoms with Crippen LogP contribution in [0.2, 0.25) is 0 Å². The number of benzene rings is 2. The fraction of sp³-hybridized carbons (Fsp3) is 0.200. The Bertz CT molecular complexity index is 700. The Kier molecular flexibility index (Phi) is 4.85. The number of alkyl halides is 3. The van der Waals surface area contributed by atoms with Gasteiger partial charge in [-0.15, -0.1) is 0 Å². The van der Waals surface area contributed by atoms with Crippen molar-refractivity contribution < 1.29 is 22.8 Å². The number of non-ortho nitro benzene ring substituents is 1. The highest BCUT2D eigenvalue weighted by Gasteiger charge is 2.30. The lowest BCUT2D eigenvalue weighted by Gasteiger charge is -2.12. The van der Waals surface area contributed by atoms with Crippen molar-refractivity contribution in [1.29, 1.82) is 0 Å². The third-order valence-corrected chi connectivity index (χ3v) is 3.08. The van der Waals surface area contributed by atoms with Gasteiger partial charge < -0.3 is 10.5 Å². The zero-order valence-electron chi connectivity index (χ0n) is 11.8. The van der Waals surface area contributed by atoms with Gasteiger partial charge in [0.15, 0.2) is 0 Å². The molecule has 5 nitrogen and oxygen atoms in total. The summed E-state index contributed by atoms with van der Waals surface area (Å²) < 4.78 is 43.1. The number of ether oxygens (including phenoxy) is 1. The summed E-state index contributed by atoms with van der Waals surface area (Å²) in [6.07, 6.45) is -4.08. The van der Waals surface area contributed by atoms with E-state index in [1.807, 2.05) is 0 Å². The molecule has 2 aromatic rings. The van der Waals surface area contributed by atoms with Crippen molar-refractivity contribution in [2.45, 2.75) is 12.6 Å². The average Bonchev–Trinajstić information content (AvgIpc) is 2.48. The average molecular weight is 326 g/mol. The zero-order chi connectivity index (χ0) is 17.0. The fourth-order valence-electron chi connectivity index (χ4n) is 1.97. The van der Waals surface area contributed by atoms with E-state index >= 15 is 0 Å². The molecule has 122 valence electrons. The Labute approximate surface area is 129 Å². The highest BCUT2D eigenvalue weighted by molar-refractivity contribution is 5.46. The molecule has 2 aromatic carbocycles. The minimum absolute atomic E-state index is 0.104. The summed E-state index contributed by atoms with van der Waals surface area (Å²) in [5.74, 6) is 0.519. The molecule has 0 radical (unpaired) electrons. The monoisotopic (exact) mass is 326 g/mol. The van der Waals surface area contributed by atoms with Crippen molar-refractivity contribution in [3.05, 3.63) is 63.7 Å². The molecule has 0 aliphatic carbocycles. The Hall–Kier alpha value is -2.61. The van der Waals surface area contributed by atoms with Crippen molar-refractivity contribution in [1.82, 2.24) is 0 Å². The third kappa shape index (κ3) is 4.19. The van der Waals surface area contributed by atoms with Gasteiger partial charge >= 0.3 is 6.18 Å². The van der Waals surface area contributed by atoms with Gasteiger partial charge in [-0.1, -0.05) is 0 Å². The van der Waals surface area contributed by atoms with Crippen LogP contribution in [0.3, 0.4) is 0 Å². The van der Waals surface area contributed by atoms with Gasteiger partial charge in [-0.25, -0.2) is 0 Å². The van der Waals surface area contributed by atoms with Gasteiger partial charge in [0.05, 0.1) is 10.5 Å². The Balaban J connectivity index is 2.26. The molecule has 8 heteroatoms. The summed E-state index contributed by atoms with van der Waals surface area (Å²) in [6.45, 7) is 0.255. The standard InChI is InChI=1S/C15H13F3N2O3/c16-15(17,18)11-1-4-13(5-2-11)23-14-6-3-12(20(21)22)9-10(14)7-8-19/h1-6,9H,7-8,19H2. The SMILES string of the molecule is NCCc1cc([N+](=O)[O-])ccc1Oc1ccc(C(F)(F)F)cc1. The van der Waals surface area contributed by atoms with Crippen LogP contribution >= 0.6 is 0 Å². The lowest BCUT2D eigenvalue weighted by Crippen LogP contribution is -2.05. The molecule has 0 heterocycles. The number of halogens is 3. The van der Waals surface area contributed by atoms with E-state index in [-0.39, 0.29) is 18.0 Å². The van der Waals surface area contributed by atoms with E-state index in [1.54, 1.807) is 0 Å². The van der Waals surface area contributed by atoms with Gasteiger partial charge in [0.25, 0.3) is 5.69 Å². The summed E-state index contributed by atoms with van der Waals surface area (Å²) in [6, 6.07) is 8.20. The first-order chi connectivity index (χ1) is 10.8. The van der Waals surface area contributed by atoms with Crippen LogP contribution < -0.4 is 10.5 Å². The number of nitro benzene ring substituents is 1. The molecule has 0 aliphatic heterocycles. The molecule has 0 aromatic heterocycles. The van der Waals surface area contributed by atoms with Crippen molar-refractivity contribution >= 4 is 5.69 Å². The molecule has 2 rings (SSSR count). The van der Waals surface area contributed by atoms with Gasteiger partial charge in [0.2, 0.25) is 0 Å².